The van der Waals surface area contributed by atoms with Gasteiger partial charge in [0.05, 0.1) is 5.69 Å². The molecule has 1 unspecified atom stereocenters. The van der Waals surface area contributed by atoms with E-state index >= 15 is 0 Å². The van der Waals surface area contributed by atoms with Crippen LogP contribution in [0.2, 0.25) is 0 Å². The number of hydrogen-bond donors (Lipinski definition) is 0. The Hall–Kier alpha value is -2.15. The Balaban J connectivity index is 2.26. The first kappa shape index (κ1) is 15.7. The van der Waals surface area contributed by atoms with Crippen molar-refractivity contribution < 1.29 is 0 Å². The van der Waals surface area contributed by atoms with E-state index in [2.05, 4.69) is 65.8 Å². The van der Waals surface area contributed by atoms with Crippen LogP contribution in [-0.2, 0) is 0 Å². The van der Waals surface area contributed by atoms with Crippen LogP contribution in [0.5, 0.6) is 0 Å². The molecule has 1 heterocycles. The average Bonchev–Trinajstić information content (AvgIpc) is 2.72. The van der Waals surface area contributed by atoms with E-state index in [0.717, 1.165) is 5.69 Å². The van der Waals surface area contributed by atoms with Crippen LogP contribution >= 0.6 is 0 Å². The lowest BCUT2D eigenvalue weighted by Crippen LogP contribution is -2.02. The third-order valence-electron chi connectivity index (χ3n) is 5.45. The molecule has 1 heteroatoms. The van der Waals surface area contributed by atoms with Crippen molar-refractivity contribution in [2.75, 3.05) is 0 Å². The first-order valence-electron chi connectivity index (χ1n) is 8.34. The number of pyridine rings is 1. The first-order valence-corrected chi connectivity index (χ1v) is 8.34. The van der Waals surface area contributed by atoms with E-state index in [0.29, 0.717) is 5.92 Å². The summed E-state index contributed by atoms with van der Waals surface area (Å²) in [7, 11) is 0. The van der Waals surface area contributed by atoms with Crippen molar-refractivity contribution in [3.63, 3.8) is 0 Å². The highest BCUT2D eigenvalue weighted by atomic mass is 14.7. The third-order valence-corrected chi connectivity index (χ3v) is 5.45. The van der Waals surface area contributed by atoms with Crippen molar-refractivity contribution in [3.05, 3.63) is 70.1 Å². The Labute approximate surface area is 139 Å². The SMILES string of the molecule is CC1=C(C)C(C)C(c2ncccc2-c2c(C)cccc2C)=C1C. The largest absolute Gasteiger partial charge is 0.256 e. The monoisotopic (exact) mass is 303 g/mol. The lowest BCUT2D eigenvalue weighted by molar-refractivity contribution is 0.888. The molecule has 0 N–H and O–H groups in total. The van der Waals surface area contributed by atoms with Crippen LogP contribution in [0.25, 0.3) is 16.7 Å². The fourth-order valence-electron chi connectivity index (χ4n) is 3.81. The Kier molecular flexibility index (Phi) is 3.97. The smallest absolute Gasteiger partial charge is 0.0748 e. The van der Waals surface area contributed by atoms with E-state index in [1.807, 2.05) is 12.3 Å². The predicted octanol–water partition coefficient (Wildman–Crippen LogP) is 6.13. The molecule has 1 atom stereocenters. The van der Waals surface area contributed by atoms with Gasteiger partial charge in [-0.15, -0.1) is 0 Å². The summed E-state index contributed by atoms with van der Waals surface area (Å²) in [4.78, 5) is 4.80. The van der Waals surface area contributed by atoms with Gasteiger partial charge in [0.25, 0.3) is 0 Å². The van der Waals surface area contributed by atoms with Crippen LogP contribution in [0.4, 0.5) is 0 Å². The highest BCUT2D eigenvalue weighted by Crippen LogP contribution is 2.44. The molecule has 0 radical (unpaired) electrons. The van der Waals surface area contributed by atoms with E-state index in [1.165, 1.54) is 44.5 Å². The zero-order chi connectivity index (χ0) is 16.7. The van der Waals surface area contributed by atoms with Gasteiger partial charge in [0.15, 0.2) is 0 Å². The van der Waals surface area contributed by atoms with Gasteiger partial charge < -0.3 is 0 Å². The topological polar surface area (TPSA) is 12.9 Å². The molecule has 118 valence electrons. The van der Waals surface area contributed by atoms with Gasteiger partial charge in [-0.1, -0.05) is 36.8 Å². The van der Waals surface area contributed by atoms with E-state index in [4.69, 9.17) is 4.98 Å². The van der Waals surface area contributed by atoms with Crippen LogP contribution in [0.3, 0.4) is 0 Å². The van der Waals surface area contributed by atoms with Gasteiger partial charge in [0, 0.05) is 17.7 Å². The maximum atomic E-state index is 4.80. The van der Waals surface area contributed by atoms with Crippen molar-refractivity contribution >= 4 is 5.57 Å². The molecule has 0 saturated carbocycles. The molecule has 2 aromatic rings. The zero-order valence-corrected chi connectivity index (χ0v) is 15.0. The van der Waals surface area contributed by atoms with Crippen molar-refractivity contribution in [3.8, 4) is 11.1 Å². The molecule has 0 bridgehead atoms. The van der Waals surface area contributed by atoms with Crippen LogP contribution in [-0.4, -0.2) is 4.98 Å². The Morgan fingerprint density at radius 2 is 1.48 bits per heavy atom. The second kappa shape index (κ2) is 5.81. The minimum absolute atomic E-state index is 0.438. The minimum Gasteiger partial charge on any atom is -0.256 e. The number of allylic oxidation sites excluding steroid dienone is 4. The molecule has 23 heavy (non-hydrogen) atoms. The predicted molar refractivity (Wildman–Crippen MR) is 99.3 cm³/mol. The quantitative estimate of drug-likeness (QED) is 0.650. The Morgan fingerprint density at radius 3 is 2.04 bits per heavy atom. The van der Waals surface area contributed by atoms with E-state index in [-0.39, 0.29) is 0 Å². The molecule has 0 spiro atoms. The molecule has 1 aliphatic carbocycles. The maximum absolute atomic E-state index is 4.80. The molecular weight excluding hydrogens is 278 g/mol. The maximum Gasteiger partial charge on any atom is 0.0748 e. The lowest BCUT2D eigenvalue weighted by Gasteiger charge is -2.18. The summed E-state index contributed by atoms with van der Waals surface area (Å²) in [5.41, 5.74) is 12.0. The first-order chi connectivity index (χ1) is 10.9. The van der Waals surface area contributed by atoms with Crippen molar-refractivity contribution in [1.82, 2.24) is 4.98 Å². The second-order valence-corrected chi connectivity index (χ2v) is 6.73. The number of benzene rings is 1. The summed E-state index contributed by atoms with van der Waals surface area (Å²) in [5, 5.41) is 0. The molecule has 0 amide bonds. The van der Waals surface area contributed by atoms with Gasteiger partial charge in [-0.2, -0.15) is 0 Å². The number of aryl methyl sites for hydroxylation is 2. The molecule has 1 aromatic heterocycles. The van der Waals surface area contributed by atoms with Crippen LogP contribution in [0, 0.1) is 19.8 Å². The normalized spacial score (nSPS) is 18.1. The van der Waals surface area contributed by atoms with Gasteiger partial charge in [-0.25, -0.2) is 0 Å². The molecule has 1 nitrogen and oxygen atoms in total. The molecule has 0 saturated heterocycles. The number of rotatable bonds is 2. The van der Waals surface area contributed by atoms with Crippen LogP contribution in [0.1, 0.15) is 44.5 Å². The summed E-state index contributed by atoms with van der Waals surface area (Å²) in [6.45, 7) is 13.4. The summed E-state index contributed by atoms with van der Waals surface area (Å²) in [6.07, 6.45) is 1.92. The average molecular weight is 303 g/mol. The fourth-order valence-corrected chi connectivity index (χ4v) is 3.81. The van der Waals surface area contributed by atoms with Crippen molar-refractivity contribution in [2.45, 2.75) is 41.5 Å². The van der Waals surface area contributed by atoms with Crippen LogP contribution < -0.4 is 0 Å². The molecule has 1 aromatic carbocycles. The second-order valence-electron chi connectivity index (χ2n) is 6.73. The lowest BCUT2D eigenvalue weighted by atomic mass is 9.88. The van der Waals surface area contributed by atoms with Gasteiger partial charge in [-0.3, -0.25) is 4.98 Å². The molecule has 3 rings (SSSR count). The molecule has 0 aliphatic heterocycles. The molecule has 0 fully saturated rings. The summed E-state index contributed by atoms with van der Waals surface area (Å²) < 4.78 is 0. The van der Waals surface area contributed by atoms with Gasteiger partial charge >= 0.3 is 0 Å². The summed E-state index contributed by atoms with van der Waals surface area (Å²) in [6, 6.07) is 10.8. The third kappa shape index (κ3) is 2.45. The van der Waals surface area contributed by atoms with Gasteiger partial charge in [0.1, 0.15) is 0 Å². The number of nitrogens with zero attached hydrogens (tertiary/aromatic N) is 1. The number of hydrogen-bond acceptors (Lipinski definition) is 1. The van der Waals surface area contributed by atoms with Crippen molar-refractivity contribution in [2.24, 2.45) is 5.92 Å². The van der Waals surface area contributed by atoms with E-state index < -0.39 is 0 Å². The molecule has 1 aliphatic rings. The van der Waals surface area contributed by atoms with Gasteiger partial charge in [0.2, 0.25) is 0 Å². The Morgan fingerprint density at radius 1 is 0.826 bits per heavy atom. The highest BCUT2D eigenvalue weighted by molar-refractivity contribution is 5.87. The Bertz CT molecular complexity index is 817. The fraction of sp³-hybridized carbons (Fsp3) is 0.318. The van der Waals surface area contributed by atoms with Gasteiger partial charge in [-0.05, 0) is 74.1 Å². The standard InChI is InChI=1S/C22H25N/c1-13-9-7-10-14(2)20(13)19-11-8-12-23-22(19)21-17(5)15(3)16(4)18(21)6/h7-12,17H,1-6H3. The zero-order valence-electron chi connectivity index (χ0n) is 15.0. The van der Waals surface area contributed by atoms with Crippen LogP contribution in [0.15, 0.2) is 53.2 Å². The summed E-state index contributed by atoms with van der Waals surface area (Å²) >= 11 is 0. The summed E-state index contributed by atoms with van der Waals surface area (Å²) in [5.74, 6) is 0.438. The minimum atomic E-state index is 0.438. The highest BCUT2D eigenvalue weighted by Gasteiger charge is 2.27. The van der Waals surface area contributed by atoms with Crippen molar-refractivity contribution in [1.29, 1.82) is 0 Å². The molecular formula is C22H25N. The number of aromatic nitrogens is 1. The van der Waals surface area contributed by atoms with E-state index in [1.54, 1.807) is 0 Å². The van der Waals surface area contributed by atoms with E-state index in [9.17, 15) is 0 Å².